The molecule has 5 heteroatoms. The van der Waals surface area contributed by atoms with E-state index in [0.717, 1.165) is 0 Å². The Morgan fingerprint density at radius 3 is 2.86 bits per heavy atom. The molecule has 80 valence electrons. The van der Waals surface area contributed by atoms with Crippen LogP contribution >= 0.6 is 0 Å². The molecule has 0 saturated carbocycles. The van der Waals surface area contributed by atoms with Gasteiger partial charge in [-0.15, -0.1) is 6.58 Å². The molecule has 1 amide bonds. The molecule has 1 rings (SSSR count). The summed E-state index contributed by atoms with van der Waals surface area (Å²) in [6.45, 7) is 4.80. The van der Waals surface area contributed by atoms with Gasteiger partial charge in [0.1, 0.15) is 0 Å². The van der Waals surface area contributed by atoms with Gasteiger partial charge in [0.15, 0.2) is 0 Å². The Labute approximate surface area is 81.6 Å². The van der Waals surface area contributed by atoms with Crippen molar-refractivity contribution in [3.05, 3.63) is 12.7 Å². The number of amides is 1. The molecule has 2 unspecified atom stereocenters. The summed E-state index contributed by atoms with van der Waals surface area (Å²) in [7, 11) is 0. The zero-order chi connectivity index (χ0) is 10.8. The molecule has 0 bridgehead atoms. The summed E-state index contributed by atoms with van der Waals surface area (Å²) < 4.78 is 25.4. The molecule has 0 aliphatic carbocycles. The Morgan fingerprint density at radius 1 is 1.79 bits per heavy atom. The normalized spacial score (nSPS) is 26.9. The fourth-order valence-corrected chi connectivity index (χ4v) is 1.28. The van der Waals surface area contributed by atoms with Crippen LogP contribution in [0.25, 0.3) is 0 Å². The lowest BCUT2D eigenvalue weighted by molar-refractivity contribution is -0.123. The molecule has 1 fully saturated rings. The molecule has 0 spiro atoms. The first-order valence-electron chi connectivity index (χ1n) is 4.49. The van der Waals surface area contributed by atoms with Crippen LogP contribution in [0.1, 0.15) is 13.3 Å². The number of carbonyl (C=O) groups is 1. The number of hydrogen-bond acceptors (Lipinski definition) is 2. The number of halogens is 2. The average Bonchev–Trinajstić information content (AvgIpc) is 2.46. The van der Waals surface area contributed by atoms with Crippen molar-refractivity contribution in [1.82, 2.24) is 10.6 Å². The molecular weight excluding hydrogens is 190 g/mol. The predicted molar refractivity (Wildman–Crippen MR) is 49.2 cm³/mol. The number of carbonyl (C=O) groups excluding carboxylic acids is 1. The molecule has 2 N–H and O–H groups in total. The second-order valence-electron chi connectivity index (χ2n) is 3.53. The monoisotopic (exact) mass is 204 g/mol. The van der Waals surface area contributed by atoms with Crippen LogP contribution in [0, 0.1) is 0 Å². The van der Waals surface area contributed by atoms with E-state index in [0.29, 0.717) is 0 Å². The number of alkyl halides is 2. The molecule has 3 nitrogen and oxygen atoms in total. The third-order valence-corrected chi connectivity index (χ3v) is 2.15. The number of nitrogens with one attached hydrogen (secondary N) is 2. The molecule has 0 aromatic heterocycles. The summed E-state index contributed by atoms with van der Waals surface area (Å²) >= 11 is 0. The van der Waals surface area contributed by atoms with E-state index >= 15 is 0 Å². The topological polar surface area (TPSA) is 41.1 Å². The van der Waals surface area contributed by atoms with E-state index in [9.17, 15) is 13.6 Å². The minimum Gasteiger partial charge on any atom is -0.349 e. The maximum Gasteiger partial charge on any atom is 0.262 e. The minimum atomic E-state index is -2.76. The lowest BCUT2D eigenvalue weighted by atomic mass is 10.1. The summed E-state index contributed by atoms with van der Waals surface area (Å²) in [6.07, 6.45) is 1.12. The van der Waals surface area contributed by atoms with E-state index in [1.807, 2.05) is 0 Å². The largest absolute Gasteiger partial charge is 0.349 e. The third-order valence-electron chi connectivity index (χ3n) is 2.15. The van der Waals surface area contributed by atoms with Crippen LogP contribution in [0.4, 0.5) is 8.78 Å². The van der Waals surface area contributed by atoms with E-state index in [1.54, 1.807) is 13.0 Å². The molecule has 14 heavy (non-hydrogen) atoms. The van der Waals surface area contributed by atoms with Crippen molar-refractivity contribution >= 4 is 5.91 Å². The van der Waals surface area contributed by atoms with Crippen LogP contribution in [0.3, 0.4) is 0 Å². The molecule has 1 aliphatic rings. The maximum absolute atomic E-state index is 12.7. The molecule has 2 atom stereocenters. The molecular formula is C9H14F2N2O. The molecule has 1 saturated heterocycles. The lowest BCUT2D eigenvalue weighted by Crippen LogP contribution is -2.43. The highest BCUT2D eigenvalue weighted by Crippen LogP contribution is 2.24. The Bertz CT molecular complexity index is 243. The summed E-state index contributed by atoms with van der Waals surface area (Å²) in [6, 6.07) is -0.981. The van der Waals surface area contributed by atoms with Gasteiger partial charge in [0.05, 0.1) is 12.6 Å². The van der Waals surface area contributed by atoms with Crippen molar-refractivity contribution in [2.75, 3.05) is 6.54 Å². The smallest absolute Gasteiger partial charge is 0.262 e. The van der Waals surface area contributed by atoms with E-state index in [4.69, 9.17) is 0 Å². The van der Waals surface area contributed by atoms with Crippen LogP contribution in [0.5, 0.6) is 0 Å². The molecule has 1 heterocycles. The standard InChI is InChI=1S/C9H14F2N2O/c1-3-6(2)13-8(14)7-4-9(10,11)5-12-7/h3,6-7,12H,1,4-5H2,2H3,(H,13,14). The van der Waals surface area contributed by atoms with E-state index < -0.39 is 30.8 Å². The number of rotatable bonds is 3. The van der Waals surface area contributed by atoms with Crippen molar-refractivity contribution < 1.29 is 13.6 Å². The molecule has 0 aromatic rings. The van der Waals surface area contributed by atoms with Crippen molar-refractivity contribution in [3.63, 3.8) is 0 Å². The molecule has 1 aliphatic heterocycles. The highest BCUT2D eigenvalue weighted by atomic mass is 19.3. The fourth-order valence-electron chi connectivity index (χ4n) is 1.28. The minimum absolute atomic E-state index is 0.196. The van der Waals surface area contributed by atoms with Crippen LogP contribution < -0.4 is 10.6 Å². The average molecular weight is 204 g/mol. The van der Waals surface area contributed by atoms with Gasteiger partial charge in [-0.1, -0.05) is 6.08 Å². The summed E-state index contributed by atoms with van der Waals surface area (Å²) in [5.41, 5.74) is 0. The van der Waals surface area contributed by atoms with Crippen molar-refractivity contribution in [2.24, 2.45) is 0 Å². The van der Waals surface area contributed by atoms with Gasteiger partial charge in [0, 0.05) is 12.5 Å². The molecule has 0 aromatic carbocycles. The Kier molecular flexibility index (Phi) is 3.21. The van der Waals surface area contributed by atoms with Gasteiger partial charge in [-0.3, -0.25) is 10.1 Å². The zero-order valence-corrected chi connectivity index (χ0v) is 8.02. The quantitative estimate of drug-likeness (QED) is 0.663. The van der Waals surface area contributed by atoms with E-state index in [1.165, 1.54) is 0 Å². The first-order chi connectivity index (χ1) is 6.44. The van der Waals surface area contributed by atoms with Crippen molar-refractivity contribution in [3.8, 4) is 0 Å². The van der Waals surface area contributed by atoms with Gasteiger partial charge in [-0.05, 0) is 6.92 Å². The van der Waals surface area contributed by atoms with Crippen molar-refractivity contribution in [2.45, 2.75) is 31.4 Å². The predicted octanol–water partition coefficient (Wildman–Crippen LogP) is 0.674. The summed E-state index contributed by atoms with van der Waals surface area (Å²) in [4.78, 5) is 11.3. The Morgan fingerprint density at radius 2 is 2.43 bits per heavy atom. The second-order valence-corrected chi connectivity index (χ2v) is 3.53. The van der Waals surface area contributed by atoms with Gasteiger partial charge >= 0.3 is 0 Å². The highest BCUT2D eigenvalue weighted by Gasteiger charge is 2.42. The van der Waals surface area contributed by atoms with Gasteiger partial charge in [0.2, 0.25) is 5.91 Å². The SMILES string of the molecule is C=CC(C)NC(=O)C1CC(F)(F)CN1. The van der Waals surface area contributed by atoms with Crippen molar-refractivity contribution in [1.29, 1.82) is 0 Å². The van der Waals surface area contributed by atoms with Gasteiger partial charge in [-0.25, -0.2) is 8.78 Å². The summed E-state index contributed by atoms with van der Waals surface area (Å²) in [5, 5.41) is 5.04. The number of hydrogen-bond donors (Lipinski definition) is 2. The van der Waals surface area contributed by atoms with Gasteiger partial charge in [0.25, 0.3) is 5.92 Å². The van der Waals surface area contributed by atoms with Gasteiger partial charge in [-0.2, -0.15) is 0 Å². The van der Waals surface area contributed by atoms with Gasteiger partial charge < -0.3 is 5.32 Å². The highest BCUT2D eigenvalue weighted by molar-refractivity contribution is 5.82. The zero-order valence-electron chi connectivity index (χ0n) is 8.02. The van der Waals surface area contributed by atoms with Crippen LogP contribution in [0.15, 0.2) is 12.7 Å². The van der Waals surface area contributed by atoms with Crippen LogP contribution in [-0.4, -0.2) is 30.5 Å². The van der Waals surface area contributed by atoms with E-state index in [2.05, 4.69) is 17.2 Å². The van der Waals surface area contributed by atoms with Crippen LogP contribution in [-0.2, 0) is 4.79 Å². The maximum atomic E-state index is 12.7. The second kappa shape index (κ2) is 4.04. The molecule has 0 radical (unpaired) electrons. The summed E-state index contributed by atoms with van der Waals surface area (Å²) in [5.74, 6) is -3.16. The first kappa shape index (κ1) is 11.1. The Hall–Kier alpha value is -0.970. The fraction of sp³-hybridized carbons (Fsp3) is 0.667. The van der Waals surface area contributed by atoms with Crippen LogP contribution in [0.2, 0.25) is 0 Å². The first-order valence-corrected chi connectivity index (χ1v) is 4.49. The third kappa shape index (κ3) is 2.77. The Balaban J connectivity index is 2.43. The lowest BCUT2D eigenvalue weighted by Gasteiger charge is -2.13. The van der Waals surface area contributed by atoms with E-state index in [-0.39, 0.29) is 6.04 Å².